The first-order chi connectivity index (χ1) is 5.62. The second-order valence-corrected chi connectivity index (χ2v) is 4.88. The van der Waals surface area contributed by atoms with Crippen molar-refractivity contribution in [2.45, 2.75) is 13.8 Å². The fourth-order valence-electron chi connectivity index (χ4n) is 0.359. The van der Waals surface area contributed by atoms with E-state index in [9.17, 15) is 4.57 Å². The second kappa shape index (κ2) is 3.95. The fraction of sp³-hybridized carbons (Fsp3) is 0.714. The molecule has 0 spiro atoms. The van der Waals surface area contributed by atoms with Gasteiger partial charge < -0.3 is 4.52 Å². The molecular weight excluding hydrogens is 147 g/mol. The van der Waals surface area contributed by atoms with Gasteiger partial charge in [0.05, 0.1) is 4.11 Å². The van der Waals surface area contributed by atoms with E-state index in [2.05, 4.69) is 4.52 Å². The highest BCUT2D eigenvalue weighted by molar-refractivity contribution is 7.61. The molecule has 0 aromatic rings. The minimum absolute atomic E-state index is 0.230. The maximum atomic E-state index is 11.5. The summed E-state index contributed by atoms with van der Waals surface area (Å²) in [6.45, 7) is 5.11. The SMILES string of the molecule is [2H]C([2H])([2H])OP(C)(=O)/C=C/C(C)C. The van der Waals surface area contributed by atoms with Crippen molar-refractivity contribution >= 4 is 7.37 Å². The Bertz CT molecular complexity index is 232. The molecule has 1 atom stereocenters. The van der Waals surface area contributed by atoms with E-state index in [0.717, 1.165) is 0 Å². The van der Waals surface area contributed by atoms with Gasteiger partial charge in [0.25, 0.3) is 0 Å². The van der Waals surface area contributed by atoms with Gasteiger partial charge in [0, 0.05) is 13.7 Å². The van der Waals surface area contributed by atoms with Crippen molar-refractivity contribution < 1.29 is 13.2 Å². The van der Waals surface area contributed by atoms with Gasteiger partial charge in [-0.3, -0.25) is 4.57 Å². The monoisotopic (exact) mass is 165 g/mol. The molecule has 0 aromatic heterocycles. The van der Waals surface area contributed by atoms with E-state index in [0.29, 0.717) is 0 Å². The first-order valence-corrected chi connectivity index (χ1v) is 5.24. The van der Waals surface area contributed by atoms with Crippen molar-refractivity contribution in [1.82, 2.24) is 0 Å². The molecule has 0 N–H and O–H groups in total. The van der Waals surface area contributed by atoms with Gasteiger partial charge >= 0.3 is 0 Å². The number of allylic oxidation sites excluding steroid dienone is 1. The van der Waals surface area contributed by atoms with Crippen LogP contribution in [-0.4, -0.2) is 13.7 Å². The topological polar surface area (TPSA) is 26.3 Å². The van der Waals surface area contributed by atoms with E-state index in [1.807, 2.05) is 13.8 Å². The van der Waals surface area contributed by atoms with E-state index >= 15 is 0 Å². The zero-order valence-electron chi connectivity index (χ0n) is 9.50. The average Bonchev–Trinajstić information content (AvgIpc) is 1.78. The molecule has 0 fully saturated rings. The van der Waals surface area contributed by atoms with Crippen LogP contribution in [0.4, 0.5) is 0 Å². The summed E-state index contributed by atoms with van der Waals surface area (Å²) in [7, 11) is -5.70. The number of hydrogen-bond donors (Lipinski definition) is 0. The van der Waals surface area contributed by atoms with Crippen molar-refractivity contribution in [1.29, 1.82) is 0 Å². The second-order valence-electron chi connectivity index (χ2n) is 2.59. The van der Waals surface area contributed by atoms with Crippen LogP contribution in [0.3, 0.4) is 0 Å². The van der Waals surface area contributed by atoms with Gasteiger partial charge in [-0.2, -0.15) is 0 Å². The van der Waals surface area contributed by atoms with E-state index in [1.165, 1.54) is 12.5 Å². The highest BCUT2D eigenvalue weighted by atomic mass is 31.2. The van der Waals surface area contributed by atoms with Crippen molar-refractivity contribution in [3.05, 3.63) is 11.9 Å². The van der Waals surface area contributed by atoms with Crippen LogP contribution in [0.25, 0.3) is 0 Å². The summed E-state index contributed by atoms with van der Waals surface area (Å²) in [6.07, 6.45) is 1.67. The fourth-order valence-corrected chi connectivity index (χ4v) is 1.08. The largest absolute Gasteiger partial charge is 0.329 e. The van der Waals surface area contributed by atoms with Gasteiger partial charge in [0.1, 0.15) is 0 Å². The molecule has 0 saturated carbocycles. The normalized spacial score (nSPS) is 23.8. The van der Waals surface area contributed by atoms with E-state index in [1.54, 1.807) is 6.08 Å². The van der Waals surface area contributed by atoms with Crippen LogP contribution in [0.2, 0.25) is 0 Å². The third-order valence-corrected chi connectivity index (χ3v) is 2.00. The lowest BCUT2D eigenvalue weighted by molar-refractivity contribution is 0.407. The van der Waals surface area contributed by atoms with Crippen LogP contribution >= 0.6 is 7.37 Å². The summed E-state index contributed by atoms with van der Waals surface area (Å²) in [5.74, 6) is 1.57. The molecule has 0 amide bonds. The average molecular weight is 165 g/mol. The minimum Gasteiger partial charge on any atom is -0.329 e. The Morgan fingerprint density at radius 2 is 2.30 bits per heavy atom. The standard InChI is InChI=1S/C7H15O2P/c1-7(2)5-6-10(4,8)9-3/h5-7H,1-4H3/b6-5+/i3D3. The van der Waals surface area contributed by atoms with E-state index < -0.39 is 14.4 Å². The number of rotatable bonds is 3. The molecule has 0 radical (unpaired) electrons. The molecule has 0 aromatic carbocycles. The third kappa shape index (κ3) is 4.78. The number of hydrogen-bond acceptors (Lipinski definition) is 2. The van der Waals surface area contributed by atoms with Gasteiger partial charge in [-0.15, -0.1) is 0 Å². The van der Waals surface area contributed by atoms with Gasteiger partial charge in [-0.25, -0.2) is 0 Å². The quantitative estimate of drug-likeness (QED) is 0.601. The zero-order chi connectivity index (χ0) is 10.7. The van der Waals surface area contributed by atoms with Gasteiger partial charge in [-0.05, 0) is 11.7 Å². The lowest BCUT2D eigenvalue weighted by Gasteiger charge is -2.03. The molecule has 0 aliphatic heterocycles. The lowest BCUT2D eigenvalue weighted by Crippen LogP contribution is -1.80. The molecule has 0 saturated heterocycles. The Kier molecular flexibility index (Phi) is 2.20. The van der Waals surface area contributed by atoms with Crippen LogP contribution in [0, 0.1) is 5.92 Å². The maximum Gasteiger partial charge on any atom is 0.221 e. The molecule has 0 bridgehead atoms. The summed E-state index contributed by atoms with van der Waals surface area (Å²) < 4.78 is 36.2. The molecule has 0 aliphatic carbocycles. The minimum atomic E-state index is -3.11. The van der Waals surface area contributed by atoms with Crippen molar-refractivity contribution in [3.63, 3.8) is 0 Å². The smallest absolute Gasteiger partial charge is 0.221 e. The summed E-state index contributed by atoms with van der Waals surface area (Å²) in [6, 6.07) is 0. The summed E-state index contributed by atoms with van der Waals surface area (Å²) in [5.41, 5.74) is 0. The Labute approximate surface area is 66.9 Å². The van der Waals surface area contributed by atoms with Crippen molar-refractivity contribution in [2.75, 3.05) is 13.7 Å². The molecule has 1 unspecified atom stereocenters. The van der Waals surface area contributed by atoms with Gasteiger partial charge in [0.2, 0.25) is 7.37 Å². The predicted molar refractivity (Wildman–Crippen MR) is 44.5 cm³/mol. The van der Waals surface area contributed by atoms with E-state index in [4.69, 9.17) is 4.11 Å². The Hall–Kier alpha value is -0.0700. The molecule has 0 rings (SSSR count). The van der Waals surface area contributed by atoms with Crippen LogP contribution < -0.4 is 0 Å². The molecule has 60 valence electrons. The van der Waals surface area contributed by atoms with Crippen LogP contribution in [-0.2, 0) is 9.09 Å². The zero-order valence-corrected chi connectivity index (χ0v) is 7.39. The molecular formula is C7H15O2P. The van der Waals surface area contributed by atoms with Crippen LogP contribution in [0.15, 0.2) is 11.9 Å². The van der Waals surface area contributed by atoms with Crippen LogP contribution in [0.1, 0.15) is 18.0 Å². The maximum absolute atomic E-state index is 11.5. The lowest BCUT2D eigenvalue weighted by atomic mass is 10.2. The molecule has 3 heteroatoms. The summed E-state index contributed by atoms with van der Waals surface area (Å²) in [5, 5.41) is 0. The highest BCUT2D eigenvalue weighted by Crippen LogP contribution is 2.43. The Morgan fingerprint density at radius 3 is 2.70 bits per heavy atom. The van der Waals surface area contributed by atoms with Gasteiger partial charge in [0.15, 0.2) is 0 Å². The summed E-state index contributed by atoms with van der Waals surface area (Å²) >= 11 is 0. The molecule has 10 heavy (non-hydrogen) atoms. The highest BCUT2D eigenvalue weighted by Gasteiger charge is 2.06. The Morgan fingerprint density at radius 1 is 1.70 bits per heavy atom. The molecule has 0 aliphatic rings. The first-order valence-electron chi connectivity index (χ1n) is 4.60. The molecule has 2 nitrogen and oxygen atoms in total. The van der Waals surface area contributed by atoms with E-state index in [-0.39, 0.29) is 5.92 Å². The predicted octanol–water partition coefficient (Wildman–Crippen LogP) is 2.71. The van der Waals surface area contributed by atoms with Crippen molar-refractivity contribution in [3.8, 4) is 0 Å². The third-order valence-electron chi connectivity index (χ3n) is 0.923. The molecule has 0 heterocycles. The van der Waals surface area contributed by atoms with Gasteiger partial charge in [-0.1, -0.05) is 19.9 Å². The summed E-state index contributed by atoms with van der Waals surface area (Å²) in [4.78, 5) is 0. The Balaban J connectivity index is 4.34. The first kappa shape index (κ1) is 5.56. The van der Waals surface area contributed by atoms with Crippen LogP contribution in [0.5, 0.6) is 0 Å². The van der Waals surface area contributed by atoms with Crippen molar-refractivity contribution in [2.24, 2.45) is 5.92 Å².